The van der Waals surface area contributed by atoms with Gasteiger partial charge in [-0.05, 0) is 67.6 Å². The smallest absolute Gasteiger partial charge is 0.358 e. The lowest BCUT2D eigenvalue weighted by Crippen LogP contribution is -2.14. The number of hydrogen-bond donors (Lipinski definition) is 1. The van der Waals surface area contributed by atoms with Crippen LogP contribution < -0.4 is 5.32 Å². The van der Waals surface area contributed by atoms with E-state index in [0.717, 1.165) is 28.9 Å². The first-order valence-corrected chi connectivity index (χ1v) is 11.8. The number of carbonyl (C=O) groups excluding carboxylic acids is 2. The molecule has 1 amide bonds. The number of ether oxygens (including phenoxy) is 1. The molecule has 1 heterocycles. The highest BCUT2D eigenvalue weighted by Gasteiger charge is 2.43. The van der Waals surface area contributed by atoms with Crippen molar-refractivity contribution in [2.45, 2.75) is 26.2 Å². The lowest BCUT2D eigenvalue weighted by molar-refractivity contribution is -0.117. The van der Waals surface area contributed by atoms with Gasteiger partial charge in [0.1, 0.15) is 0 Å². The van der Waals surface area contributed by atoms with Crippen molar-refractivity contribution >= 4 is 17.6 Å². The van der Waals surface area contributed by atoms with E-state index in [9.17, 15) is 9.59 Å². The number of aromatic nitrogens is 2. The highest BCUT2D eigenvalue weighted by atomic mass is 16.5. The summed E-state index contributed by atoms with van der Waals surface area (Å²) in [4.78, 5) is 25.3. The average Bonchev–Trinajstić information content (AvgIpc) is 3.55. The van der Waals surface area contributed by atoms with E-state index in [-0.39, 0.29) is 30.0 Å². The highest BCUT2D eigenvalue weighted by molar-refractivity contribution is 5.96. The third kappa shape index (κ3) is 4.87. The quantitative estimate of drug-likeness (QED) is 0.352. The number of amides is 1. The fraction of sp³-hybridized carbons (Fsp3) is 0.207. The molecule has 1 N–H and O–H groups in total. The minimum absolute atomic E-state index is 0.0192. The molecule has 35 heavy (non-hydrogen) atoms. The Morgan fingerprint density at radius 2 is 1.80 bits per heavy atom. The number of nitrogens with zero attached hydrogens (tertiary/aromatic N) is 2. The van der Waals surface area contributed by atoms with Crippen molar-refractivity contribution < 1.29 is 14.3 Å². The Morgan fingerprint density at radius 3 is 2.57 bits per heavy atom. The first-order valence-electron chi connectivity index (χ1n) is 11.8. The van der Waals surface area contributed by atoms with E-state index < -0.39 is 5.97 Å². The Hall–Kier alpha value is -4.19. The maximum Gasteiger partial charge on any atom is 0.358 e. The number of nitrogens with one attached hydrogen (secondary N) is 1. The van der Waals surface area contributed by atoms with Crippen LogP contribution in [0.3, 0.4) is 0 Å². The molecule has 3 aromatic carbocycles. The molecular weight excluding hydrogens is 438 g/mol. The van der Waals surface area contributed by atoms with Gasteiger partial charge in [-0.15, -0.1) is 0 Å². The van der Waals surface area contributed by atoms with Crippen LogP contribution in [-0.2, 0) is 9.53 Å². The monoisotopic (exact) mass is 465 g/mol. The van der Waals surface area contributed by atoms with Gasteiger partial charge in [-0.2, -0.15) is 5.10 Å². The average molecular weight is 466 g/mol. The van der Waals surface area contributed by atoms with Crippen LogP contribution in [0.25, 0.3) is 16.9 Å². The van der Waals surface area contributed by atoms with E-state index in [4.69, 9.17) is 4.74 Å². The highest BCUT2D eigenvalue weighted by Crippen LogP contribution is 2.48. The van der Waals surface area contributed by atoms with Crippen LogP contribution in [0, 0.1) is 12.8 Å². The summed E-state index contributed by atoms with van der Waals surface area (Å²) >= 11 is 0. The molecule has 5 rings (SSSR count). The second-order valence-electron chi connectivity index (χ2n) is 8.82. The number of benzene rings is 3. The molecule has 1 aromatic heterocycles. The van der Waals surface area contributed by atoms with Gasteiger partial charge in [-0.3, -0.25) is 4.79 Å². The molecule has 1 aliphatic rings. The molecule has 0 saturated heterocycles. The summed E-state index contributed by atoms with van der Waals surface area (Å²) < 4.78 is 6.92. The molecule has 6 heteroatoms. The summed E-state index contributed by atoms with van der Waals surface area (Å²) in [5.74, 6) is -0.190. The summed E-state index contributed by atoms with van der Waals surface area (Å²) in [6.45, 7) is 4.05. The lowest BCUT2D eigenvalue weighted by Gasteiger charge is -2.11. The molecule has 176 valence electrons. The molecule has 1 fully saturated rings. The van der Waals surface area contributed by atoms with Gasteiger partial charge in [-0.25, -0.2) is 9.48 Å². The van der Waals surface area contributed by atoms with Gasteiger partial charge in [0.15, 0.2) is 5.69 Å². The molecule has 4 aromatic rings. The number of hydrogen-bond acceptors (Lipinski definition) is 4. The minimum Gasteiger partial charge on any atom is -0.461 e. The third-order valence-corrected chi connectivity index (χ3v) is 6.22. The van der Waals surface area contributed by atoms with E-state index in [1.165, 1.54) is 5.56 Å². The van der Waals surface area contributed by atoms with E-state index in [0.29, 0.717) is 5.69 Å². The molecule has 0 spiro atoms. The fourth-order valence-electron chi connectivity index (χ4n) is 4.39. The fourth-order valence-corrected chi connectivity index (χ4v) is 4.39. The van der Waals surface area contributed by atoms with Gasteiger partial charge < -0.3 is 10.1 Å². The zero-order valence-corrected chi connectivity index (χ0v) is 19.8. The molecule has 6 nitrogen and oxygen atoms in total. The molecule has 0 bridgehead atoms. The Morgan fingerprint density at radius 1 is 1.00 bits per heavy atom. The van der Waals surface area contributed by atoms with E-state index in [2.05, 4.69) is 22.5 Å². The van der Waals surface area contributed by atoms with Crippen molar-refractivity contribution in [3.8, 4) is 16.9 Å². The SMILES string of the molecule is CCOC(=O)c1cc(-c2cccc(NC(=O)[C@@H]3C[C@H]3c3ccccc3)c2)n(-c2cccc(C)c2)n1. The van der Waals surface area contributed by atoms with E-state index in [1.54, 1.807) is 17.7 Å². The van der Waals surface area contributed by atoms with Gasteiger partial charge in [-0.1, -0.05) is 54.6 Å². The normalized spacial score (nSPS) is 16.5. The second kappa shape index (κ2) is 9.58. The molecule has 0 unspecified atom stereocenters. The van der Waals surface area contributed by atoms with Gasteiger partial charge in [0.05, 0.1) is 18.0 Å². The van der Waals surface area contributed by atoms with Crippen LogP contribution in [0.2, 0.25) is 0 Å². The van der Waals surface area contributed by atoms with Crippen molar-refractivity contribution in [3.63, 3.8) is 0 Å². The lowest BCUT2D eigenvalue weighted by atomic mass is 10.1. The van der Waals surface area contributed by atoms with Crippen LogP contribution >= 0.6 is 0 Å². The predicted molar refractivity (Wildman–Crippen MR) is 136 cm³/mol. The summed E-state index contributed by atoms with van der Waals surface area (Å²) in [7, 11) is 0. The largest absolute Gasteiger partial charge is 0.461 e. The van der Waals surface area contributed by atoms with Crippen molar-refractivity contribution in [2.24, 2.45) is 5.92 Å². The van der Waals surface area contributed by atoms with Crippen LogP contribution in [0.5, 0.6) is 0 Å². The Kier molecular flexibility index (Phi) is 6.19. The number of esters is 1. The minimum atomic E-state index is -0.467. The van der Waals surface area contributed by atoms with Crippen molar-refractivity contribution in [3.05, 3.63) is 102 Å². The number of carbonyl (C=O) groups is 2. The molecule has 1 saturated carbocycles. The maximum atomic E-state index is 12.9. The van der Waals surface area contributed by atoms with Crippen molar-refractivity contribution in [1.82, 2.24) is 9.78 Å². The molecule has 1 aliphatic carbocycles. The van der Waals surface area contributed by atoms with Crippen molar-refractivity contribution in [2.75, 3.05) is 11.9 Å². The third-order valence-electron chi connectivity index (χ3n) is 6.22. The molecule has 2 atom stereocenters. The Labute approximate surface area is 204 Å². The first kappa shape index (κ1) is 22.6. The molecular formula is C29H27N3O3. The number of anilines is 1. The number of aryl methyl sites for hydroxylation is 1. The summed E-state index contributed by atoms with van der Waals surface area (Å²) in [5.41, 5.74) is 5.65. The Bertz CT molecular complexity index is 1380. The molecule has 0 radical (unpaired) electrons. The summed E-state index contributed by atoms with van der Waals surface area (Å²) in [6, 6.07) is 27.4. The maximum absolute atomic E-state index is 12.9. The van der Waals surface area contributed by atoms with Crippen LogP contribution in [0.15, 0.2) is 84.9 Å². The second-order valence-corrected chi connectivity index (χ2v) is 8.82. The first-order chi connectivity index (χ1) is 17.0. The van der Waals surface area contributed by atoms with Gasteiger partial charge in [0.2, 0.25) is 5.91 Å². The van der Waals surface area contributed by atoms with Crippen LogP contribution in [0.4, 0.5) is 5.69 Å². The summed E-state index contributed by atoms with van der Waals surface area (Å²) in [6.07, 6.45) is 0.860. The van der Waals surface area contributed by atoms with Gasteiger partial charge >= 0.3 is 5.97 Å². The zero-order chi connectivity index (χ0) is 24.4. The van der Waals surface area contributed by atoms with E-state index in [1.807, 2.05) is 73.7 Å². The topological polar surface area (TPSA) is 73.2 Å². The zero-order valence-electron chi connectivity index (χ0n) is 19.8. The van der Waals surface area contributed by atoms with Gasteiger partial charge in [0.25, 0.3) is 0 Å². The standard InChI is InChI=1S/C29H27N3O3/c1-3-35-29(34)26-18-27(32(31-26)23-14-7-9-19(2)15-23)21-12-8-13-22(16-21)30-28(33)25-17-24(25)20-10-5-4-6-11-20/h4-16,18,24-25H,3,17H2,1-2H3,(H,30,33)/t24-,25+/m0/s1. The Balaban J connectivity index is 1.42. The van der Waals surface area contributed by atoms with E-state index >= 15 is 0 Å². The van der Waals surface area contributed by atoms with Crippen LogP contribution in [-0.4, -0.2) is 28.3 Å². The van der Waals surface area contributed by atoms with Crippen LogP contribution in [0.1, 0.15) is 40.9 Å². The summed E-state index contributed by atoms with van der Waals surface area (Å²) in [5, 5.41) is 7.62. The number of rotatable bonds is 7. The van der Waals surface area contributed by atoms with Crippen molar-refractivity contribution in [1.29, 1.82) is 0 Å². The van der Waals surface area contributed by atoms with Gasteiger partial charge in [0, 0.05) is 17.2 Å². The predicted octanol–water partition coefficient (Wildman–Crippen LogP) is 5.77. The molecule has 0 aliphatic heterocycles.